The van der Waals surface area contributed by atoms with E-state index >= 15 is 0 Å². The van der Waals surface area contributed by atoms with Gasteiger partial charge in [-0.15, -0.1) is 0 Å². The van der Waals surface area contributed by atoms with Gasteiger partial charge in [0.15, 0.2) is 5.78 Å². The van der Waals surface area contributed by atoms with Crippen molar-refractivity contribution in [3.63, 3.8) is 0 Å². The number of benzene rings is 1. The van der Waals surface area contributed by atoms with Crippen LogP contribution in [-0.2, 0) is 7.05 Å². The number of hydrogen-bond donors (Lipinski definition) is 1. The Kier molecular flexibility index (Phi) is 3.98. The Morgan fingerprint density at radius 1 is 1.20 bits per heavy atom. The van der Waals surface area contributed by atoms with E-state index in [2.05, 4.69) is 25.2 Å². The molecule has 2 rings (SSSR count). The monoisotopic (exact) mass is 270 g/mol. The molecule has 0 aliphatic heterocycles. The van der Waals surface area contributed by atoms with Crippen LogP contribution in [0.25, 0.3) is 0 Å². The summed E-state index contributed by atoms with van der Waals surface area (Å²) in [7, 11) is 1.99. The van der Waals surface area contributed by atoms with E-state index < -0.39 is 0 Å². The van der Waals surface area contributed by atoms with E-state index in [4.69, 9.17) is 0 Å². The molecular formula is C17H22N2O. The summed E-state index contributed by atoms with van der Waals surface area (Å²) in [6, 6.07) is 8.06. The molecule has 0 fully saturated rings. The third-order valence-electron chi connectivity index (χ3n) is 4.12. The molecule has 1 aromatic carbocycles. The van der Waals surface area contributed by atoms with Crippen molar-refractivity contribution in [2.75, 3.05) is 11.9 Å². The molecule has 0 saturated carbocycles. The summed E-state index contributed by atoms with van der Waals surface area (Å²) in [5.41, 5.74) is 6.40. The Bertz CT molecular complexity index is 653. The van der Waals surface area contributed by atoms with Crippen molar-refractivity contribution in [2.24, 2.45) is 7.05 Å². The summed E-state index contributed by atoms with van der Waals surface area (Å²) in [6.07, 6.45) is 0. The van der Waals surface area contributed by atoms with E-state index in [1.54, 1.807) is 0 Å². The van der Waals surface area contributed by atoms with Crippen LogP contribution >= 0.6 is 0 Å². The van der Waals surface area contributed by atoms with Gasteiger partial charge in [0.1, 0.15) is 0 Å². The molecule has 0 radical (unpaired) electrons. The zero-order valence-electron chi connectivity index (χ0n) is 12.9. The minimum atomic E-state index is 0.132. The van der Waals surface area contributed by atoms with Crippen LogP contribution in [0.1, 0.15) is 32.9 Å². The SMILES string of the molecule is Cc1cccc(NCC(=O)c2cc(C)n(C)c2C)c1C. The summed E-state index contributed by atoms with van der Waals surface area (Å²) in [5, 5.41) is 3.25. The number of carbonyl (C=O) groups is 1. The van der Waals surface area contributed by atoms with Crippen LogP contribution < -0.4 is 5.32 Å². The van der Waals surface area contributed by atoms with Gasteiger partial charge < -0.3 is 9.88 Å². The lowest BCUT2D eigenvalue weighted by atomic mass is 10.1. The van der Waals surface area contributed by atoms with Crippen LogP contribution in [0.5, 0.6) is 0 Å². The Balaban J connectivity index is 2.13. The molecule has 0 aliphatic rings. The summed E-state index contributed by atoms with van der Waals surface area (Å²) in [4.78, 5) is 12.3. The molecular weight excluding hydrogens is 248 g/mol. The maximum Gasteiger partial charge on any atom is 0.183 e. The van der Waals surface area contributed by atoms with Gasteiger partial charge in [0.2, 0.25) is 0 Å². The van der Waals surface area contributed by atoms with Crippen molar-refractivity contribution in [3.8, 4) is 0 Å². The molecule has 0 amide bonds. The highest BCUT2D eigenvalue weighted by Gasteiger charge is 2.14. The largest absolute Gasteiger partial charge is 0.377 e. The Morgan fingerprint density at radius 2 is 1.90 bits per heavy atom. The van der Waals surface area contributed by atoms with Crippen molar-refractivity contribution >= 4 is 11.5 Å². The number of rotatable bonds is 4. The van der Waals surface area contributed by atoms with Crippen LogP contribution in [0.15, 0.2) is 24.3 Å². The first-order chi connectivity index (χ1) is 9.41. The number of hydrogen-bond acceptors (Lipinski definition) is 2. The highest BCUT2D eigenvalue weighted by Crippen LogP contribution is 2.19. The molecule has 0 unspecified atom stereocenters. The number of nitrogens with one attached hydrogen (secondary N) is 1. The fraction of sp³-hybridized carbons (Fsp3) is 0.353. The van der Waals surface area contributed by atoms with Gasteiger partial charge in [0.05, 0.1) is 6.54 Å². The summed E-state index contributed by atoms with van der Waals surface area (Å²) >= 11 is 0. The molecule has 0 atom stereocenters. The number of anilines is 1. The van der Waals surface area contributed by atoms with E-state index in [9.17, 15) is 4.79 Å². The number of Topliss-reactive ketones (excluding diaryl/α,β-unsaturated/α-hetero) is 1. The normalized spacial score (nSPS) is 10.7. The third kappa shape index (κ3) is 2.62. The average molecular weight is 270 g/mol. The molecule has 3 heteroatoms. The van der Waals surface area contributed by atoms with E-state index in [1.807, 2.05) is 43.7 Å². The van der Waals surface area contributed by atoms with E-state index in [0.29, 0.717) is 6.54 Å². The summed E-state index contributed by atoms with van der Waals surface area (Å²) in [6.45, 7) is 8.47. The van der Waals surface area contributed by atoms with Crippen molar-refractivity contribution < 1.29 is 4.79 Å². The first-order valence-corrected chi connectivity index (χ1v) is 6.88. The van der Waals surface area contributed by atoms with Crippen LogP contribution in [-0.4, -0.2) is 16.9 Å². The maximum absolute atomic E-state index is 12.3. The minimum Gasteiger partial charge on any atom is -0.377 e. The van der Waals surface area contributed by atoms with E-state index in [-0.39, 0.29) is 5.78 Å². The lowest BCUT2D eigenvalue weighted by molar-refractivity contribution is 0.101. The van der Waals surface area contributed by atoms with Gasteiger partial charge in [-0.05, 0) is 51.0 Å². The maximum atomic E-state index is 12.3. The van der Waals surface area contributed by atoms with Crippen molar-refractivity contribution in [1.29, 1.82) is 0 Å². The number of aromatic nitrogens is 1. The van der Waals surface area contributed by atoms with Gasteiger partial charge in [-0.25, -0.2) is 0 Å². The number of ketones is 1. The van der Waals surface area contributed by atoms with Crippen molar-refractivity contribution in [2.45, 2.75) is 27.7 Å². The molecule has 106 valence electrons. The fourth-order valence-electron chi connectivity index (χ4n) is 2.35. The third-order valence-corrected chi connectivity index (χ3v) is 4.12. The van der Waals surface area contributed by atoms with E-state index in [0.717, 1.165) is 22.6 Å². The Morgan fingerprint density at radius 3 is 2.50 bits per heavy atom. The minimum absolute atomic E-state index is 0.132. The molecule has 2 aromatic rings. The van der Waals surface area contributed by atoms with Gasteiger partial charge in [0.25, 0.3) is 0 Å². The van der Waals surface area contributed by atoms with Crippen LogP contribution in [0.2, 0.25) is 0 Å². The zero-order valence-corrected chi connectivity index (χ0v) is 12.9. The first-order valence-electron chi connectivity index (χ1n) is 6.88. The molecule has 0 saturated heterocycles. The Labute approximate surface area is 120 Å². The highest BCUT2D eigenvalue weighted by atomic mass is 16.1. The molecule has 1 heterocycles. The fourth-order valence-corrected chi connectivity index (χ4v) is 2.35. The second kappa shape index (κ2) is 5.53. The standard InChI is InChI=1S/C17H22N2O/c1-11-7-6-8-16(13(11)3)18-10-17(20)15-9-12(2)19(5)14(15)4/h6-9,18H,10H2,1-5H3. The molecule has 0 spiro atoms. The van der Waals surface area contributed by atoms with Crippen LogP contribution in [0, 0.1) is 27.7 Å². The lowest BCUT2D eigenvalue weighted by Gasteiger charge is -2.11. The van der Waals surface area contributed by atoms with Gasteiger partial charge >= 0.3 is 0 Å². The molecule has 20 heavy (non-hydrogen) atoms. The van der Waals surface area contributed by atoms with Gasteiger partial charge in [-0.1, -0.05) is 12.1 Å². The van der Waals surface area contributed by atoms with Gasteiger partial charge in [0, 0.05) is 29.7 Å². The van der Waals surface area contributed by atoms with Crippen molar-refractivity contribution in [1.82, 2.24) is 4.57 Å². The van der Waals surface area contributed by atoms with Crippen molar-refractivity contribution in [3.05, 3.63) is 52.3 Å². The topological polar surface area (TPSA) is 34.0 Å². The Hall–Kier alpha value is -2.03. The lowest BCUT2D eigenvalue weighted by Crippen LogP contribution is -2.15. The molecule has 3 nitrogen and oxygen atoms in total. The molecule has 1 N–H and O–H groups in total. The molecule has 0 bridgehead atoms. The predicted molar refractivity (Wildman–Crippen MR) is 83.6 cm³/mol. The number of nitrogens with zero attached hydrogens (tertiary/aromatic N) is 1. The number of aryl methyl sites for hydroxylation is 2. The van der Waals surface area contributed by atoms with Gasteiger partial charge in [-0.3, -0.25) is 4.79 Å². The van der Waals surface area contributed by atoms with Crippen LogP contribution in [0.3, 0.4) is 0 Å². The smallest absolute Gasteiger partial charge is 0.183 e. The quantitative estimate of drug-likeness (QED) is 0.862. The summed E-state index contributed by atoms with van der Waals surface area (Å²) in [5.74, 6) is 0.132. The second-order valence-electron chi connectivity index (χ2n) is 5.37. The summed E-state index contributed by atoms with van der Waals surface area (Å²) < 4.78 is 2.05. The second-order valence-corrected chi connectivity index (χ2v) is 5.37. The predicted octanol–water partition coefficient (Wildman–Crippen LogP) is 3.55. The zero-order chi connectivity index (χ0) is 14.9. The first kappa shape index (κ1) is 14.4. The van der Waals surface area contributed by atoms with E-state index in [1.165, 1.54) is 11.1 Å². The average Bonchev–Trinajstić information content (AvgIpc) is 2.68. The molecule has 1 aromatic heterocycles. The molecule has 0 aliphatic carbocycles. The van der Waals surface area contributed by atoms with Crippen LogP contribution in [0.4, 0.5) is 5.69 Å². The highest BCUT2D eigenvalue weighted by molar-refractivity contribution is 6.00. The van der Waals surface area contributed by atoms with Gasteiger partial charge in [-0.2, -0.15) is 0 Å². The number of carbonyl (C=O) groups excluding carboxylic acids is 1.